The molecule has 0 atom stereocenters. The van der Waals surface area contributed by atoms with E-state index in [0.29, 0.717) is 28.4 Å². The van der Waals surface area contributed by atoms with Crippen LogP contribution in [0.15, 0.2) is 42.5 Å². The lowest BCUT2D eigenvalue weighted by Gasteiger charge is -2.12. The van der Waals surface area contributed by atoms with Crippen LogP contribution in [0.25, 0.3) is 0 Å². The molecule has 0 bridgehead atoms. The third-order valence-electron chi connectivity index (χ3n) is 2.82. The number of benzene rings is 2. The third kappa shape index (κ3) is 2.83. The maximum atomic E-state index is 12.3. The normalized spacial score (nSPS) is 9.90. The molecule has 5 heteroatoms. The smallest absolute Gasteiger partial charge is 0.259 e. The number of carbonyl (C=O) groups is 1. The summed E-state index contributed by atoms with van der Waals surface area (Å²) in [5.41, 5.74) is 7.22. The molecule has 3 N–H and O–H groups in total. The van der Waals surface area contributed by atoms with Crippen molar-refractivity contribution in [1.29, 1.82) is 0 Å². The fourth-order valence-corrected chi connectivity index (χ4v) is 1.85. The number of nitrogens with one attached hydrogen (secondary N) is 1. The molecule has 0 aromatic heterocycles. The molecule has 0 saturated heterocycles. The minimum absolute atomic E-state index is 0.286. The Bertz CT molecular complexity index is 626. The van der Waals surface area contributed by atoms with Crippen molar-refractivity contribution in [3.63, 3.8) is 0 Å². The molecule has 0 heterocycles. The van der Waals surface area contributed by atoms with Crippen molar-refractivity contribution in [3.8, 4) is 11.5 Å². The lowest BCUT2D eigenvalue weighted by molar-refractivity contribution is 0.102. The number of amides is 1. The van der Waals surface area contributed by atoms with Crippen molar-refractivity contribution >= 4 is 17.3 Å². The van der Waals surface area contributed by atoms with Crippen LogP contribution in [0.5, 0.6) is 11.5 Å². The van der Waals surface area contributed by atoms with Crippen LogP contribution in [0.1, 0.15) is 10.4 Å². The predicted molar refractivity (Wildman–Crippen MR) is 78.4 cm³/mol. The SMILES string of the molecule is COc1ccc(N)cc1NC(=O)c1ccccc1OC. The van der Waals surface area contributed by atoms with Gasteiger partial charge in [0.05, 0.1) is 25.5 Å². The fourth-order valence-electron chi connectivity index (χ4n) is 1.85. The highest BCUT2D eigenvalue weighted by atomic mass is 16.5. The number of methoxy groups -OCH3 is 2. The van der Waals surface area contributed by atoms with Crippen LogP contribution in [0.3, 0.4) is 0 Å². The summed E-state index contributed by atoms with van der Waals surface area (Å²) in [6.45, 7) is 0. The lowest BCUT2D eigenvalue weighted by Crippen LogP contribution is -2.14. The molecule has 20 heavy (non-hydrogen) atoms. The average molecular weight is 272 g/mol. The summed E-state index contributed by atoms with van der Waals surface area (Å²) in [7, 11) is 3.05. The second-order valence-electron chi connectivity index (χ2n) is 4.11. The van der Waals surface area contributed by atoms with Gasteiger partial charge in [0.15, 0.2) is 0 Å². The zero-order valence-electron chi connectivity index (χ0n) is 11.3. The van der Waals surface area contributed by atoms with Gasteiger partial charge in [-0.1, -0.05) is 12.1 Å². The monoisotopic (exact) mass is 272 g/mol. The molecule has 0 aliphatic carbocycles. The van der Waals surface area contributed by atoms with Crippen LogP contribution >= 0.6 is 0 Å². The highest BCUT2D eigenvalue weighted by Gasteiger charge is 2.13. The Morgan fingerprint density at radius 1 is 1.05 bits per heavy atom. The van der Waals surface area contributed by atoms with E-state index in [-0.39, 0.29) is 5.91 Å². The van der Waals surface area contributed by atoms with Gasteiger partial charge in [-0.2, -0.15) is 0 Å². The van der Waals surface area contributed by atoms with Crippen LogP contribution in [0.2, 0.25) is 0 Å². The average Bonchev–Trinajstić information content (AvgIpc) is 2.47. The summed E-state index contributed by atoms with van der Waals surface area (Å²) in [4.78, 5) is 12.3. The number of nitrogen functional groups attached to an aromatic ring is 1. The first kappa shape index (κ1) is 13.7. The number of carbonyl (C=O) groups excluding carboxylic acids is 1. The van der Waals surface area contributed by atoms with Crippen LogP contribution in [0, 0.1) is 0 Å². The third-order valence-corrected chi connectivity index (χ3v) is 2.82. The Kier molecular flexibility index (Phi) is 4.10. The van der Waals surface area contributed by atoms with Gasteiger partial charge in [-0.05, 0) is 30.3 Å². The van der Waals surface area contributed by atoms with Gasteiger partial charge < -0.3 is 20.5 Å². The van der Waals surface area contributed by atoms with E-state index in [2.05, 4.69) is 5.32 Å². The quantitative estimate of drug-likeness (QED) is 0.839. The van der Waals surface area contributed by atoms with E-state index in [9.17, 15) is 4.79 Å². The molecule has 2 rings (SSSR count). The molecule has 0 spiro atoms. The largest absolute Gasteiger partial charge is 0.496 e. The van der Waals surface area contributed by atoms with Crippen LogP contribution in [-0.4, -0.2) is 20.1 Å². The Morgan fingerprint density at radius 2 is 1.75 bits per heavy atom. The van der Waals surface area contributed by atoms with E-state index in [0.717, 1.165) is 0 Å². The van der Waals surface area contributed by atoms with Gasteiger partial charge in [0.25, 0.3) is 5.91 Å². The van der Waals surface area contributed by atoms with Gasteiger partial charge in [-0.25, -0.2) is 0 Å². The molecule has 0 saturated carbocycles. The predicted octanol–water partition coefficient (Wildman–Crippen LogP) is 2.54. The number of para-hydroxylation sites is 1. The van der Waals surface area contributed by atoms with E-state index >= 15 is 0 Å². The number of hydrogen-bond donors (Lipinski definition) is 2. The second-order valence-corrected chi connectivity index (χ2v) is 4.11. The minimum Gasteiger partial charge on any atom is -0.496 e. The number of rotatable bonds is 4. The van der Waals surface area contributed by atoms with Crippen LogP contribution in [0.4, 0.5) is 11.4 Å². The van der Waals surface area contributed by atoms with Crippen molar-refractivity contribution in [2.24, 2.45) is 0 Å². The van der Waals surface area contributed by atoms with E-state index in [1.165, 1.54) is 14.2 Å². The Morgan fingerprint density at radius 3 is 2.45 bits per heavy atom. The van der Waals surface area contributed by atoms with Crippen molar-refractivity contribution in [1.82, 2.24) is 0 Å². The molecular weight excluding hydrogens is 256 g/mol. The van der Waals surface area contributed by atoms with Crippen molar-refractivity contribution in [2.75, 3.05) is 25.3 Å². The van der Waals surface area contributed by atoms with Gasteiger partial charge in [0.1, 0.15) is 11.5 Å². The summed E-state index contributed by atoms with van der Waals surface area (Å²) in [5, 5.41) is 2.77. The van der Waals surface area contributed by atoms with E-state index < -0.39 is 0 Å². The van der Waals surface area contributed by atoms with E-state index in [1.54, 1.807) is 42.5 Å². The molecule has 2 aromatic rings. The maximum absolute atomic E-state index is 12.3. The van der Waals surface area contributed by atoms with Gasteiger partial charge >= 0.3 is 0 Å². The van der Waals surface area contributed by atoms with E-state index in [4.69, 9.17) is 15.2 Å². The molecule has 0 unspecified atom stereocenters. The van der Waals surface area contributed by atoms with Gasteiger partial charge in [-0.3, -0.25) is 4.79 Å². The number of hydrogen-bond acceptors (Lipinski definition) is 4. The highest BCUT2D eigenvalue weighted by molar-refractivity contribution is 6.07. The Hall–Kier alpha value is -2.69. The zero-order valence-corrected chi connectivity index (χ0v) is 11.3. The molecule has 0 aliphatic heterocycles. The second kappa shape index (κ2) is 5.97. The molecule has 104 valence electrons. The highest BCUT2D eigenvalue weighted by Crippen LogP contribution is 2.28. The molecule has 0 radical (unpaired) electrons. The Labute approximate surface area is 117 Å². The molecule has 0 fully saturated rings. The molecular formula is C15H16N2O3. The van der Waals surface area contributed by atoms with Gasteiger partial charge in [0, 0.05) is 5.69 Å². The fraction of sp³-hybridized carbons (Fsp3) is 0.133. The van der Waals surface area contributed by atoms with E-state index in [1.807, 2.05) is 0 Å². The summed E-state index contributed by atoms with van der Waals surface area (Å²) >= 11 is 0. The number of ether oxygens (including phenoxy) is 2. The van der Waals surface area contributed by atoms with Gasteiger partial charge in [-0.15, -0.1) is 0 Å². The zero-order chi connectivity index (χ0) is 14.5. The number of anilines is 2. The first-order valence-electron chi connectivity index (χ1n) is 6.03. The summed E-state index contributed by atoms with van der Waals surface area (Å²) in [6.07, 6.45) is 0. The lowest BCUT2D eigenvalue weighted by atomic mass is 10.1. The Balaban J connectivity index is 2.30. The minimum atomic E-state index is -0.286. The van der Waals surface area contributed by atoms with Crippen molar-refractivity contribution < 1.29 is 14.3 Å². The summed E-state index contributed by atoms with van der Waals surface area (Å²) in [5.74, 6) is 0.765. The topological polar surface area (TPSA) is 73.6 Å². The summed E-state index contributed by atoms with van der Waals surface area (Å²) < 4.78 is 10.4. The van der Waals surface area contributed by atoms with Crippen LogP contribution in [-0.2, 0) is 0 Å². The van der Waals surface area contributed by atoms with Crippen LogP contribution < -0.4 is 20.5 Å². The number of nitrogens with two attached hydrogens (primary N) is 1. The molecule has 5 nitrogen and oxygen atoms in total. The van der Waals surface area contributed by atoms with Gasteiger partial charge in [0.2, 0.25) is 0 Å². The molecule has 0 aliphatic rings. The summed E-state index contributed by atoms with van der Waals surface area (Å²) in [6, 6.07) is 12.0. The maximum Gasteiger partial charge on any atom is 0.259 e. The molecule has 1 amide bonds. The van der Waals surface area contributed by atoms with Crippen molar-refractivity contribution in [3.05, 3.63) is 48.0 Å². The standard InChI is InChI=1S/C15H16N2O3/c1-19-13-6-4-3-5-11(13)15(18)17-12-9-10(16)7-8-14(12)20-2/h3-9H,16H2,1-2H3,(H,17,18). The first-order chi connectivity index (χ1) is 9.65. The molecule has 2 aromatic carbocycles. The first-order valence-corrected chi connectivity index (χ1v) is 6.03. The van der Waals surface area contributed by atoms with Crippen molar-refractivity contribution in [2.45, 2.75) is 0 Å².